The maximum atomic E-state index is 12.0. The first-order valence-electron chi connectivity index (χ1n) is 8.51. The zero-order chi connectivity index (χ0) is 17.6. The Labute approximate surface area is 147 Å². The summed E-state index contributed by atoms with van der Waals surface area (Å²) in [6.07, 6.45) is 4.49. The van der Waals surface area contributed by atoms with Gasteiger partial charge in [0.1, 0.15) is 17.6 Å². The van der Waals surface area contributed by atoms with E-state index in [0.717, 1.165) is 34.6 Å². The second-order valence-electron chi connectivity index (χ2n) is 6.03. The molecule has 1 atom stereocenters. The molecule has 25 heavy (non-hydrogen) atoms. The summed E-state index contributed by atoms with van der Waals surface area (Å²) in [5.41, 5.74) is 3.01. The summed E-state index contributed by atoms with van der Waals surface area (Å²) < 4.78 is 11.5. The molecule has 132 valence electrons. The quantitative estimate of drug-likeness (QED) is 0.847. The molecule has 6 heteroatoms. The lowest BCUT2D eigenvalue weighted by atomic mass is 10.1. The monoisotopic (exact) mass is 341 g/mol. The van der Waals surface area contributed by atoms with Crippen LogP contribution in [-0.2, 0) is 19.5 Å². The third-order valence-electron chi connectivity index (χ3n) is 3.99. The number of nitrogens with one attached hydrogen (secondary N) is 2. The van der Waals surface area contributed by atoms with Crippen LogP contribution in [0.3, 0.4) is 0 Å². The summed E-state index contributed by atoms with van der Waals surface area (Å²) in [7, 11) is 0. The predicted molar refractivity (Wildman–Crippen MR) is 94.7 cm³/mol. The van der Waals surface area contributed by atoms with Gasteiger partial charge in [-0.3, -0.25) is 4.98 Å². The molecule has 1 aliphatic rings. The molecule has 6 nitrogen and oxygen atoms in total. The molecule has 0 aliphatic carbocycles. The first-order chi connectivity index (χ1) is 12.2. The Kier molecular flexibility index (Phi) is 5.38. The van der Waals surface area contributed by atoms with Crippen molar-refractivity contribution in [3.63, 3.8) is 0 Å². The lowest BCUT2D eigenvalue weighted by Gasteiger charge is -2.14. The molecule has 0 fully saturated rings. The number of pyridine rings is 1. The van der Waals surface area contributed by atoms with E-state index in [2.05, 4.69) is 15.6 Å². The van der Waals surface area contributed by atoms with Crippen molar-refractivity contribution in [2.24, 2.45) is 0 Å². The molecule has 2 amide bonds. The van der Waals surface area contributed by atoms with Gasteiger partial charge in [-0.05, 0) is 37.6 Å². The van der Waals surface area contributed by atoms with Gasteiger partial charge in [-0.15, -0.1) is 0 Å². The van der Waals surface area contributed by atoms with Crippen LogP contribution in [0.1, 0.15) is 30.5 Å². The highest BCUT2D eigenvalue weighted by molar-refractivity contribution is 5.74. The Bertz CT molecular complexity index is 734. The van der Waals surface area contributed by atoms with Crippen LogP contribution in [-0.4, -0.2) is 23.7 Å². The standard InChI is InChI=1S/C19H23N3O3/c1-3-24-17-8-15-7-13(2)25-18(15)9-16(17)12-22-19(23)21-11-14-5-4-6-20-10-14/h4-6,8-10,13H,3,7,11-12H2,1-2H3,(H2,21,22,23)/t13-/m1/s1. The Morgan fingerprint density at radius 3 is 2.96 bits per heavy atom. The number of fused-ring (bicyclic) bond motifs is 1. The molecule has 0 bridgehead atoms. The molecule has 0 saturated carbocycles. The molecular weight excluding hydrogens is 318 g/mol. The number of benzene rings is 1. The largest absolute Gasteiger partial charge is 0.494 e. The van der Waals surface area contributed by atoms with Crippen molar-refractivity contribution in [2.75, 3.05) is 6.61 Å². The van der Waals surface area contributed by atoms with E-state index in [4.69, 9.17) is 9.47 Å². The number of carbonyl (C=O) groups excluding carboxylic acids is 1. The molecule has 3 rings (SSSR count). The third-order valence-corrected chi connectivity index (χ3v) is 3.99. The molecule has 0 radical (unpaired) electrons. The van der Waals surface area contributed by atoms with Crippen molar-refractivity contribution >= 4 is 6.03 Å². The van der Waals surface area contributed by atoms with E-state index in [1.165, 1.54) is 0 Å². The van der Waals surface area contributed by atoms with E-state index in [0.29, 0.717) is 19.7 Å². The van der Waals surface area contributed by atoms with E-state index in [1.54, 1.807) is 12.4 Å². The number of hydrogen-bond acceptors (Lipinski definition) is 4. The third kappa shape index (κ3) is 4.41. The second kappa shape index (κ2) is 7.88. The normalized spacial score (nSPS) is 15.2. The maximum absolute atomic E-state index is 12.0. The Balaban J connectivity index is 1.60. The van der Waals surface area contributed by atoms with Gasteiger partial charge in [0.15, 0.2) is 0 Å². The molecule has 0 saturated heterocycles. The highest BCUT2D eigenvalue weighted by Crippen LogP contribution is 2.35. The molecule has 2 heterocycles. The average Bonchev–Trinajstić information content (AvgIpc) is 2.98. The topological polar surface area (TPSA) is 72.5 Å². The van der Waals surface area contributed by atoms with Gasteiger partial charge in [-0.1, -0.05) is 6.07 Å². The zero-order valence-electron chi connectivity index (χ0n) is 14.5. The summed E-state index contributed by atoms with van der Waals surface area (Å²) >= 11 is 0. The van der Waals surface area contributed by atoms with Crippen LogP contribution >= 0.6 is 0 Å². The second-order valence-corrected chi connectivity index (χ2v) is 6.03. The van der Waals surface area contributed by atoms with E-state index in [1.807, 2.05) is 38.1 Å². The number of rotatable bonds is 6. The van der Waals surface area contributed by atoms with Gasteiger partial charge in [-0.25, -0.2) is 4.79 Å². The predicted octanol–water partition coefficient (Wildman–Crippen LogP) is 2.80. The van der Waals surface area contributed by atoms with Crippen molar-refractivity contribution in [1.82, 2.24) is 15.6 Å². The number of aromatic nitrogens is 1. The maximum Gasteiger partial charge on any atom is 0.315 e. The van der Waals surface area contributed by atoms with Gasteiger partial charge in [0.05, 0.1) is 6.61 Å². The molecule has 2 N–H and O–H groups in total. The van der Waals surface area contributed by atoms with Crippen LogP contribution in [0, 0.1) is 0 Å². The molecule has 1 aromatic heterocycles. The van der Waals surface area contributed by atoms with Crippen molar-refractivity contribution in [3.05, 3.63) is 53.3 Å². The molecule has 1 aromatic carbocycles. The van der Waals surface area contributed by atoms with Gasteiger partial charge in [0.2, 0.25) is 0 Å². The van der Waals surface area contributed by atoms with Gasteiger partial charge in [0, 0.05) is 43.0 Å². The van der Waals surface area contributed by atoms with Crippen molar-refractivity contribution < 1.29 is 14.3 Å². The molecule has 0 spiro atoms. The number of hydrogen-bond donors (Lipinski definition) is 2. The van der Waals surface area contributed by atoms with E-state index >= 15 is 0 Å². The van der Waals surface area contributed by atoms with Crippen LogP contribution in [0.25, 0.3) is 0 Å². The minimum Gasteiger partial charge on any atom is -0.494 e. The molecule has 0 unspecified atom stereocenters. The van der Waals surface area contributed by atoms with Gasteiger partial charge in [0.25, 0.3) is 0 Å². The van der Waals surface area contributed by atoms with Crippen LogP contribution in [0.4, 0.5) is 4.79 Å². The molecular formula is C19H23N3O3. The number of ether oxygens (including phenoxy) is 2. The number of nitrogens with zero attached hydrogens (tertiary/aromatic N) is 1. The number of carbonyl (C=O) groups is 1. The first kappa shape index (κ1) is 17.1. The highest BCUT2D eigenvalue weighted by Gasteiger charge is 2.22. The number of urea groups is 1. The fourth-order valence-corrected chi connectivity index (χ4v) is 2.83. The van der Waals surface area contributed by atoms with Gasteiger partial charge in [-0.2, -0.15) is 0 Å². The summed E-state index contributed by atoms with van der Waals surface area (Å²) in [5.74, 6) is 1.68. The van der Waals surface area contributed by atoms with Crippen molar-refractivity contribution in [2.45, 2.75) is 39.5 Å². The van der Waals surface area contributed by atoms with Gasteiger partial charge < -0.3 is 20.1 Å². The molecule has 1 aliphatic heterocycles. The Morgan fingerprint density at radius 1 is 1.36 bits per heavy atom. The van der Waals surface area contributed by atoms with Crippen molar-refractivity contribution in [3.8, 4) is 11.5 Å². The zero-order valence-corrected chi connectivity index (χ0v) is 14.5. The van der Waals surface area contributed by atoms with Crippen molar-refractivity contribution in [1.29, 1.82) is 0 Å². The Hall–Kier alpha value is -2.76. The summed E-state index contributed by atoms with van der Waals surface area (Å²) in [6.45, 7) is 5.38. The first-order valence-corrected chi connectivity index (χ1v) is 8.51. The van der Waals surface area contributed by atoms with E-state index in [-0.39, 0.29) is 12.1 Å². The summed E-state index contributed by atoms with van der Waals surface area (Å²) in [4.78, 5) is 16.1. The van der Waals surface area contributed by atoms with Crippen LogP contribution < -0.4 is 20.1 Å². The Morgan fingerprint density at radius 2 is 2.20 bits per heavy atom. The minimum atomic E-state index is -0.235. The van der Waals surface area contributed by atoms with E-state index < -0.39 is 0 Å². The van der Waals surface area contributed by atoms with Crippen LogP contribution in [0.2, 0.25) is 0 Å². The summed E-state index contributed by atoms with van der Waals surface area (Å²) in [5, 5.41) is 5.68. The van der Waals surface area contributed by atoms with Gasteiger partial charge >= 0.3 is 6.03 Å². The fraction of sp³-hybridized carbons (Fsp3) is 0.368. The van der Waals surface area contributed by atoms with Crippen LogP contribution in [0.5, 0.6) is 11.5 Å². The number of amides is 2. The fourth-order valence-electron chi connectivity index (χ4n) is 2.83. The SMILES string of the molecule is CCOc1cc2c(cc1CNC(=O)NCc1cccnc1)O[C@H](C)C2. The average molecular weight is 341 g/mol. The smallest absolute Gasteiger partial charge is 0.315 e. The summed E-state index contributed by atoms with van der Waals surface area (Å²) in [6, 6.07) is 7.51. The van der Waals surface area contributed by atoms with E-state index in [9.17, 15) is 4.79 Å². The lowest BCUT2D eigenvalue weighted by molar-refractivity contribution is 0.239. The molecule has 2 aromatic rings. The van der Waals surface area contributed by atoms with Crippen LogP contribution in [0.15, 0.2) is 36.7 Å². The lowest BCUT2D eigenvalue weighted by Crippen LogP contribution is -2.34. The minimum absolute atomic E-state index is 0.176. The highest BCUT2D eigenvalue weighted by atomic mass is 16.5.